The second-order valence-electron chi connectivity index (χ2n) is 8.17. The van der Waals surface area contributed by atoms with Crippen molar-refractivity contribution in [3.63, 3.8) is 0 Å². The van der Waals surface area contributed by atoms with E-state index < -0.39 is 0 Å². The van der Waals surface area contributed by atoms with Gasteiger partial charge in [0.05, 0.1) is 5.52 Å². The summed E-state index contributed by atoms with van der Waals surface area (Å²) in [5.74, 6) is 0.586. The van der Waals surface area contributed by atoms with Gasteiger partial charge in [-0.15, -0.1) is 0 Å². The molecule has 0 bridgehead atoms. The van der Waals surface area contributed by atoms with Crippen molar-refractivity contribution in [2.45, 2.75) is 51.0 Å². The zero-order valence-corrected chi connectivity index (χ0v) is 17.8. The van der Waals surface area contributed by atoms with Crippen LogP contribution in [-0.2, 0) is 0 Å². The maximum Gasteiger partial charge on any atom is 0.251 e. The van der Waals surface area contributed by atoms with Crippen molar-refractivity contribution in [1.82, 2.24) is 10.3 Å². The van der Waals surface area contributed by atoms with E-state index in [9.17, 15) is 9.18 Å². The van der Waals surface area contributed by atoms with Gasteiger partial charge >= 0.3 is 0 Å². The van der Waals surface area contributed by atoms with Crippen molar-refractivity contribution in [3.8, 4) is 0 Å². The quantitative estimate of drug-likeness (QED) is 0.507. The highest BCUT2D eigenvalue weighted by molar-refractivity contribution is 6.30. The molecular formula is C25H26ClFN2O. The lowest BCUT2D eigenvalue weighted by atomic mass is 9.75. The molecule has 1 aliphatic rings. The second-order valence-corrected chi connectivity index (χ2v) is 8.60. The maximum atomic E-state index is 13.8. The van der Waals surface area contributed by atoms with Crippen LogP contribution in [0.2, 0.25) is 5.02 Å². The topological polar surface area (TPSA) is 42.0 Å². The largest absolute Gasteiger partial charge is 0.349 e. The fraction of sp³-hybridized carbons (Fsp3) is 0.360. The summed E-state index contributed by atoms with van der Waals surface area (Å²) in [5.41, 5.74) is 2.67. The number of halogens is 2. The molecule has 30 heavy (non-hydrogen) atoms. The number of hydrogen-bond acceptors (Lipinski definition) is 2. The Morgan fingerprint density at radius 2 is 1.87 bits per heavy atom. The number of carbonyl (C=O) groups excluding carboxylic acids is 1. The van der Waals surface area contributed by atoms with Crippen molar-refractivity contribution < 1.29 is 9.18 Å². The van der Waals surface area contributed by atoms with E-state index in [1.807, 2.05) is 12.3 Å². The third-order valence-corrected chi connectivity index (χ3v) is 6.63. The molecule has 0 spiro atoms. The van der Waals surface area contributed by atoms with Gasteiger partial charge in [0, 0.05) is 28.2 Å². The van der Waals surface area contributed by atoms with Gasteiger partial charge in [0.1, 0.15) is 5.82 Å². The Morgan fingerprint density at radius 1 is 1.13 bits per heavy atom. The first-order valence-corrected chi connectivity index (χ1v) is 11.0. The van der Waals surface area contributed by atoms with Crippen LogP contribution in [0.25, 0.3) is 10.9 Å². The molecule has 0 radical (unpaired) electrons. The minimum atomic E-state index is -0.221. The van der Waals surface area contributed by atoms with E-state index >= 15 is 0 Å². The van der Waals surface area contributed by atoms with Crippen LogP contribution in [0, 0.1) is 11.7 Å². The Bertz CT molecular complexity index is 1030. The molecule has 1 N–H and O–H groups in total. The number of pyridine rings is 1. The lowest BCUT2D eigenvalue weighted by molar-refractivity contribution is 0.0909. The first-order chi connectivity index (χ1) is 14.5. The van der Waals surface area contributed by atoms with Gasteiger partial charge in [0.25, 0.3) is 5.91 Å². The summed E-state index contributed by atoms with van der Waals surface area (Å²) in [4.78, 5) is 17.0. The molecule has 1 saturated carbocycles. The molecule has 1 fully saturated rings. The fourth-order valence-corrected chi connectivity index (χ4v) is 4.86. The molecule has 4 rings (SSSR count). The Kier molecular flexibility index (Phi) is 6.33. The molecule has 1 atom stereocenters. The number of aromatic nitrogens is 1. The fourth-order valence-electron chi connectivity index (χ4n) is 4.73. The number of rotatable bonds is 5. The monoisotopic (exact) mass is 424 g/mol. The molecule has 1 amide bonds. The molecule has 1 heterocycles. The number of fused-ring (bicyclic) bond motifs is 1. The molecule has 5 heteroatoms. The molecule has 3 nitrogen and oxygen atoms in total. The van der Waals surface area contributed by atoms with E-state index in [0.29, 0.717) is 22.4 Å². The first kappa shape index (κ1) is 20.8. The molecule has 0 saturated heterocycles. The van der Waals surface area contributed by atoms with Gasteiger partial charge in [0.15, 0.2) is 0 Å². The van der Waals surface area contributed by atoms with Crippen molar-refractivity contribution in [2.24, 2.45) is 5.92 Å². The van der Waals surface area contributed by atoms with Crippen LogP contribution in [0.5, 0.6) is 0 Å². The zero-order chi connectivity index (χ0) is 21.1. The molecular weight excluding hydrogens is 399 g/mol. The predicted octanol–water partition coefficient (Wildman–Crippen LogP) is 6.51. The van der Waals surface area contributed by atoms with E-state index in [-0.39, 0.29) is 17.8 Å². The normalized spacial score (nSPS) is 20.1. The number of amides is 1. The van der Waals surface area contributed by atoms with Crippen molar-refractivity contribution in [2.75, 3.05) is 0 Å². The molecule has 1 aliphatic carbocycles. The summed E-state index contributed by atoms with van der Waals surface area (Å²) in [6, 6.07) is 14.0. The number of benzene rings is 2. The number of nitrogens with one attached hydrogen (secondary N) is 1. The Labute approximate surface area is 181 Å². The van der Waals surface area contributed by atoms with E-state index in [1.165, 1.54) is 11.6 Å². The van der Waals surface area contributed by atoms with Crippen LogP contribution in [0.15, 0.2) is 54.7 Å². The Balaban J connectivity index is 1.43. The Hall–Kier alpha value is -2.46. The van der Waals surface area contributed by atoms with Gasteiger partial charge in [-0.1, -0.05) is 18.5 Å². The van der Waals surface area contributed by atoms with Gasteiger partial charge in [-0.25, -0.2) is 4.39 Å². The smallest absolute Gasteiger partial charge is 0.251 e. The third kappa shape index (κ3) is 4.49. The van der Waals surface area contributed by atoms with Crippen LogP contribution in [-0.4, -0.2) is 16.9 Å². The van der Waals surface area contributed by atoms with Crippen LogP contribution in [0.4, 0.5) is 4.39 Å². The molecule has 3 aromatic rings. The predicted molar refractivity (Wildman–Crippen MR) is 119 cm³/mol. The van der Waals surface area contributed by atoms with E-state index in [2.05, 4.69) is 17.2 Å². The summed E-state index contributed by atoms with van der Waals surface area (Å²) < 4.78 is 13.8. The zero-order valence-electron chi connectivity index (χ0n) is 17.1. The molecule has 1 aromatic heterocycles. The maximum absolute atomic E-state index is 13.8. The first-order valence-electron chi connectivity index (χ1n) is 10.7. The van der Waals surface area contributed by atoms with Crippen molar-refractivity contribution in [1.29, 1.82) is 0 Å². The van der Waals surface area contributed by atoms with Gasteiger partial charge in [0.2, 0.25) is 0 Å². The van der Waals surface area contributed by atoms with Gasteiger partial charge in [-0.2, -0.15) is 0 Å². The van der Waals surface area contributed by atoms with E-state index in [0.717, 1.165) is 43.0 Å². The highest BCUT2D eigenvalue weighted by Crippen LogP contribution is 2.39. The van der Waals surface area contributed by atoms with Crippen LogP contribution in [0.1, 0.15) is 60.9 Å². The molecule has 0 unspecified atom stereocenters. The second kappa shape index (κ2) is 9.13. The third-order valence-electron chi connectivity index (χ3n) is 6.38. The summed E-state index contributed by atoms with van der Waals surface area (Å²) in [5, 5.41) is 4.77. The highest BCUT2D eigenvalue weighted by Gasteiger charge is 2.29. The minimum Gasteiger partial charge on any atom is -0.349 e. The van der Waals surface area contributed by atoms with Crippen LogP contribution in [0.3, 0.4) is 0 Å². The summed E-state index contributed by atoms with van der Waals surface area (Å²) in [6.07, 6.45) is 6.88. The lowest BCUT2D eigenvalue weighted by Crippen LogP contribution is -2.41. The molecule has 156 valence electrons. The summed E-state index contributed by atoms with van der Waals surface area (Å²) in [6.45, 7) is 2.12. The minimum absolute atomic E-state index is 0.0451. The number of carbonyl (C=O) groups is 1. The summed E-state index contributed by atoms with van der Waals surface area (Å²) in [7, 11) is 0. The standard InChI is InChI=1S/C25H26ClFN2O/c1-2-23(29-25(30)18-7-9-19(26)10-8-18)17-5-3-16(4-6-17)21-13-14-28-24-12-11-20(27)15-22(21)24/h7-17,23H,2-6H2,1H3,(H,29,30)/t16-,17+,23-/m0/s1. The SMILES string of the molecule is CC[C@H](NC(=O)c1ccc(Cl)cc1)[C@H]1CC[C@@H](c2ccnc3ccc(F)cc32)CC1. The average molecular weight is 425 g/mol. The average Bonchev–Trinajstić information content (AvgIpc) is 2.77. The number of nitrogens with zero attached hydrogens (tertiary/aromatic N) is 1. The van der Waals surface area contributed by atoms with Crippen molar-refractivity contribution in [3.05, 3.63) is 76.7 Å². The van der Waals surface area contributed by atoms with E-state index in [4.69, 9.17) is 11.6 Å². The van der Waals surface area contributed by atoms with Crippen molar-refractivity contribution >= 4 is 28.4 Å². The summed E-state index contributed by atoms with van der Waals surface area (Å²) >= 11 is 5.92. The van der Waals surface area contributed by atoms with E-state index in [1.54, 1.807) is 36.4 Å². The Morgan fingerprint density at radius 3 is 2.57 bits per heavy atom. The molecule has 2 aromatic carbocycles. The van der Waals surface area contributed by atoms with Gasteiger partial charge in [-0.3, -0.25) is 9.78 Å². The van der Waals surface area contributed by atoms with Crippen LogP contribution < -0.4 is 5.32 Å². The van der Waals surface area contributed by atoms with Gasteiger partial charge < -0.3 is 5.32 Å². The molecule has 0 aliphatic heterocycles. The highest BCUT2D eigenvalue weighted by atomic mass is 35.5. The van der Waals surface area contributed by atoms with Gasteiger partial charge in [-0.05, 0) is 98.0 Å². The lowest BCUT2D eigenvalue weighted by Gasteiger charge is -2.34. The van der Waals surface area contributed by atoms with Crippen LogP contribution >= 0.6 is 11.6 Å². The number of hydrogen-bond donors (Lipinski definition) is 1.